The van der Waals surface area contributed by atoms with Gasteiger partial charge in [0.05, 0.1) is 42.2 Å². The summed E-state index contributed by atoms with van der Waals surface area (Å²) in [5.74, 6) is -0.416. The molecule has 0 bridgehead atoms. The fourth-order valence-electron chi connectivity index (χ4n) is 7.87. The van der Waals surface area contributed by atoms with Crippen LogP contribution in [0.3, 0.4) is 0 Å². The first-order valence-electron chi connectivity index (χ1n) is 19.3. The van der Waals surface area contributed by atoms with E-state index < -0.39 is 40.3 Å². The number of piperidine rings is 2. The highest BCUT2D eigenvalue weighted by molar-refractivity contribution is 7.81. The van der Waals surface area contributed by atoms with Crippen LogP contribution in [0.5, 0.6) is 5.88 Å². The number of carbonyl (C=O) groups excluding carboxylic acids is 4. The average Bonchev–Trinajstić information content (AvgIpc) is 3.35. The van der Waals surface area contributed by atoms with E-state index in [9.17, 15) is 37.6 Å². The van der Waals surface area contributed by atoms with Gasteiger partial charge < -0.3 is 20.3 Å². The molecule has 3 aliphatic heterocycles. The predicted molar refractivity (Wildman–Crippen MR) is 215 cm³/mol. The van der Waals surface area contributed by atoms with Crippen molar-refractivity contribution in [3.8, 4) is 11.9 Å². The van der Waals surface area contributed by atoms with E-state index >= 15 is 0 Å². The lowest BCUT2D eigenvalue weighted by Crippen LogP contribution is -2.47. The standard InChI is InChI=1S/C41H47F3N8O5S/c1-5-26-18-31(52-39(58)51(38(56)40(52,3)4)30-10-9-27(21-45)32(20-30)41(42,43)44)22-46-37(26)57-16-14-25-13-15-50(24(2)17-25)23-35(54)48-29-8-6-7-28(19-29)47-33-11-12-34(53)49-36(33)55/h6-10,18-20,22,24-25,33,39,47,58H,5,11-17,23H2,1-4H3,(H,48,54)(H,49,53,55)/t24-,25+,33?,39+/m0/s1. The molecular formula is C41H47F3N8O5S. The number of hydrogen-bond donors (Lipinski definition) is 4. The molecule has 3 aromatic rings. The van der Waals surface area contributed by atoms with Crippen LogP contribution in [0, 0.1) is 17.2 Å². The minimum absolute atomic E-state index is 0.0252. The van der Waals surface area contributed by atoms with Crippen molar-refractivity contribution < 1.29 is 37.1 Å². The van der Waals surface area contributed by atoms with E-state index in [1.807, 2.05) is 13.0 Å². The highest BCUT2D eigenvalue weighted by atomic mass is 32.1. The van der Waals surface area contributed by atoms with Gasteiger partial charge in [0.15, 0.2) is 5.50 Å². The third-order valence-electron chi connectivity index (χ3n) is 11.0. The van der Waals surface area contributed by atoms with E-state index in [-0.39, 0.29) is 42.4 Å². The summed E-state index contributed by atoms with van der Waals surface area (Å²) in [5.41, 5.74) is -1.23. The second-order valence-corrected chi connectivity index (χ2v) is 15.9. The Bertz CT molecular complexity index is 2110. The maximum Gasteiger partial charge on any atom is 0.417 e. The van der Waals surface area contributed by atoms with Crippen LogP contribution in [-0.2, 0) is 31.8 Å². The number of amides is 4. The summed E-state index contributed by atoms with van der Waals surface area (Å²) in [6.45, 7) is 8.82. The number of benzene rings is 2. The van der Waals surface area contributed by atoms with Crippen molar-refractivity contribution in [2.45, 2.75) is 95.5 Å². The number of anilines is 4. The zero-order valence-corrected chi connectivity index (χ0v) is 33.6. The van der Waals surface area contributed by atoms with Crippen LogP contribution in [-0.4, -0.2) is 76.3 Å². The zero-order chi connectivity index (χ0) is 41.9. The molecule has 0 radical (unpaired) electrons. The minimum Gasteiger partial charge on any atom is -0.477 e. The Morgan fingerprint density at radius 3 is 2.55 bits per heavy atom. The van der Waals surface area contributed by atoms with E-state index in [1.54, 1.807) is 55.3 Å². The molecule has 17 heteroatoms. The third-order valence-corrected chi connectivity index (χ3v) is 11.5. The number of pyridine rings is 1. The van der Waals surface area contributed by atoms with Crippen LogP contribution >= 0.6 is 12.6 Å². The summed E-state index contributed by atoms with van der Waals surface area (Å²) in [4.78, 5) is 60.0. The molecular weight excluding hydrogens is 774 g/mol. The Balaban J connectivity index is 1.01. The van der Waals surface area contributed by atoms with Crippen LogP contribution in [0.2, 0.25) is 0 Å². The summed E-state index contributed by atoms with van der Waals surface area (Å²) in [6.07, 6.45) is 0.590. The van der Waals surface area contributed by atoms with Gasteiger partial charge in [-0.1, -0.05) is 13.0 Å². The van der Waals surface area contributed by atoms with Crippen LogP contribution in [0.25, 0.3) is 0 Å². The highest BCUT2D eigenvalue weighted by Gasteiger charge is 2.52. The number of likely N-dealkylation sites (tertiary alicyclic amines) is 1. The first-order chi connectivity index (χ1) is 27.5. The topological polar surface area (TPSA) is 160 Å². The maximum absolute atomic E-state index is 13.8. The van der Waals surface area contributed by atoms with Crippen molar-refractivity contribution in [3.63, 3.8) is 0 Å². The van der Waals surface area contributed by atoms with Gasteiger partial charge in [-0.3, -0.25) is 34.3 Å². The van der Waals surface area contributed by atoms with E-state index in [0.29, 0.717) is 48.3 Å². The van der Waals surface area contributed by atoms with Crippen molar-refractivity contribution in [2.24, 2.45) is 5.92 Å². The van der Waals surface area contributed by atoms with Crippen molar-refractivity contribution in [1.29, 1.82) is 5.26 Å². The molecule has 3 saturated heterocycles. The summed E-state index contributed by atoms with van der Waals surface area (Å²) in [7, 11) is 0. The highest BCUT2D eigenvalue weighted by Crippen LogP contribution is 2.43. The lowest BCUT2D eigenvalue weighted by Gasteiger charge is -2.37. The average molecular weight is 821 g/mol. The summed E-state index contributed by atoms with van der Waals surface area (Å²) in [6, 6.07) is 13.4. The van der Waals surface area contributed by atoms with Crippen molar-refractivity contribution in [1.82, 2.24) is 15.2 Å². The number of imide groups is 1. The smallest absolute Gasteiger partial charge is 0.417 e. The van der Waals surface area contributed by atoms with Gasteiger partial charge in [-0.05, 0) is 108 Å². The second kappa shape index (κ2) is 17.3. The molecule has 3 fully saturated rings. The number of halogens is 3. The fraction of sp³-hybridized carbons (Fsp3) is 0.463. The number of aryl methyl sites for hydroxylation is 1. The molecule has 1 unspecified atom stereocenters. The van der Waals surface area contributed by atoms with Gasteiger partial charge in [0.25, 0.3) is 5.91 Å². The summed E-state index contributed by atoms with van der Waals surface area (Å²) >= 11 is 4.70. The minimum atomic E-state index is -4.79. The predicted octanol–water partition coefficient (Wildman–Crippen LogP) is 6.10. The first kappa shape index (κ1) is 42.3. The quantitative estimate of drug-likeness (QED) is 0.124. The Labute approximate surface area is 340 Å². The van der Waals surface area contributed by atoms with Crippen LogP contribution < -0.4 is 30.5 Å². The number of nitrogens with zero attached hydrogens (tertiary/aromatic N) is 5. The first-order valence-corrected chi connectivity index (χ1v) is 19.8. The lowest BCUT2D eigenvalue weighted by molar-refractivity contribution is -0.138. The number of hydrogen-bond acceptors (Lipinski definition) is 11. The number of carbonyl (C=O) groups is 4. The van der Waals surface area contributed by atoms with Gasteiger partial charge in [-0.15, -0.1) is 12.6 Å². The number of aromatic nitrogens is 1. The number of ether oxygens (including phenoxy) is 1. The number of alkyl halides is 3. The summed E-state index contributed by atoms with van der Waals surface area (Å²) < 4.78 is 47.5. The summed E-state index contributed by atoms with van der Waals surface area (Å²) in [5, 5.41) is 17.7. The Morgan fingerprint density at radius 1 is 1.10 bits per heavy atom. The van der Waals surface area contributed by atoms with E-state index in [0.717, 1.165) is 43.5 Å². The molecule has 0 spiro atoms. The van der Waals surface area contributed by atoms with Crippen molar-refractivity contribution in [2.75, 3.05) is 40.1 Å². The molecule has 4 amide bonds. The van der Waals surface area contributed by atoms with Crippen molar-refractivity contribution in [3.05, 3.63) is 71.4 Å². The zero-order valence-electron chi connectivity index (χ0n) is 32.7. The largest absolute Gasteiger partial charge is 0.477 e. The molecule has 58 heavy (non-hydrogen) atoms. The molecule has 3 N–H and O–H groups in total. The van der Waals surface area contributed by atoms with E-state index in [4.69, 9.17) is 17.4 Å². The maximum atomic E-state index is 13.8. The van der Waals surface area contributed by atoms with Gasteiger partial charge in [0.2, 0.25) is 23.6 Å². The van der Waals surface area contributed by atoms with Gasteiger partial charge in [0.1, 0.15) is 11.6 Å². The Kier molecular flexibility index (Phi) is 12.6. The molecule has 4 heterocycles. The van der Waals surface area contributed by atoms with Crippen LogP contribution in [0.15, 0.2) is 54.7 Å². The molecule has 6 rings (SSSR count). The molecule has 0 saturated carbocycles. The second-order valence-electron chi connectivity index (χ2n) is 15.4. The molecule has 1 aromatic heterocycles. The normalized spacial score (nSPS) is 22.4. The SMILES string of the molecule is CCc1cc(N2[C@H](S)N(c3ccc(C#N)c(C(F)(F)F)c3)C(=O)C2(C)C)cnc1OCC[C@H]1CCN(CC(=O)Nc2cccc(NC3CCC(=O)NC3=O)c2)[C@@H](C)C1. The molecule has 2 aromatic carbocycles. The molecule has 4 atom stereocenters. The molecule has 0 aliphatic carbocycles. The number of thiol groups is 1. The van der Waals surface area contributed by atoms with Gasteiger partial charge in [0, 0.05) is 35.1 Å². The molecule has 308 valence electrons. The van der Waals surface area contributed by atoms with Gasteiger partial charge in [-0.2, -0.15) is 18.4 Å². The Hall–Kier alpha value is -5.34. The van der Waals surface area contributed by atoms with Crippen molar-refractivity contribution >= 4 is 59.0 Å². The molecule has 13 nitrogen and oxygen atoms in total. The van der Waals surface area contributed by atoms with Crippen LogP contribution in [0.1, 0.15) is 76.5 Å². The monoisotopic (exact) mass is 820 g/mol. The number of nitrogens with one attached hydrogen (secondary N) is 3. The van der Waals surface area contributed by atoms with Crippen LogP contribution in [0.4, 0.5) is 35.9 Å². The number of nitriles is 1. The number of rotatable bonds is 12. The van der Waals surface area contributed by atoms with E-state index in [2.05, 4.69) is 32.8 Å². The van der Waals surface area contributed by atoms with E-state index in [1.165, 1.54) is 11.0 Å². The van der Waals surface area contributed by atoms with Gasteiger partial charge in [-0.25, -0.2) is 4.98 Å². The molecule has 3 aliphatic rings. The Morgan fingerprint density at radius 2 is 1.86 bits per heavy atom. The third kappa shape index (κ3) is 9.18. The lowest BCUT2D eigenvalue weighted by atomic mass is 9.89. The van der Waals surface area contributed by atoms with Gasteiger partial charge >= 0.3 is 6.18 Å². The fourth-order valence-corrected chi connectivity index (χ4v) is 8.53.